The normalized spacial score (nSPS) is 21.5. The monoisotopic (exact) mass is 483 g/mol. The van der Waals surface area contributed by atoms with E-state index >= 15 is 0 Å². The van der Waals surface area contributed by atoms with Crippen molar-refractivity contribution in [3.8, 4) is 0 Å². The molecule has 0 unspecified atom stereocenters. The molecule has 2 aliphatic carbocycles. The molecule has 162 valence electrons. The molecule has 3 heteroatoms. The van der Waals surface area contributed by atoms with Crippen LogP contribution in [-0.2, 0) is 27.5 Å². The van der Waals surface area contributed by atoms with E-state index in [0.717, 1.165) is 0 Å². The molecule has 0 atom stereocenters. The van der Waals surface area contributed by atoms with E-state index in [9.17, 15) is 0 Å². The van der Waals surface area contributed by atoms with Gasteiger partial charge in [0, 0.05) is 12.4 Å². The Kier molecular flexibility index (Phi) is 15.5. The first-order valence-electron chi connectivity index (χ1n) is 10.7. The summed E-state index contributed by atoms with van der Waals surface area (Å²) in [6, 6.07) is 5.72. The summed E-state index contributed by atoms with van der Waals surface area (Å²) in [5.74, 6) is 15.1. The molecule has 0 spiro atoms. The van der Waals surface area contributed by atoms with Crippen LogP contribution in [0.25, 0.3) is 0 Å². The summed E-state index contributed by atoms with van der Waals surface area (Å²) >= 11 is 0.300. The van der Waals surface area contributed by atoms with Crippen molar-refractivity contribution in [1.82, 2.24) is 4.98 Å². The number of hydrogen-bond donors (Lipinski definition) is 0. The topological polar surface area (TPSA) is 30.0 Å². The number of nitrogens with zero attached hydrogens (tertiary/aromatic N) is 1. The third kappa shape index (κ3) is 8.07. The molecule has 2 fully saturated rings. The van der Waals surface area contributed by atoms with Crippen molar-refractivity contribution in [2.45, 2.75) is 82.1 Å². The van der Waals surface area contributed by atoms with Crippen LogP contribution in [0.4, 0.5) is 0 Å². The summed E-state index contributed by atoms with van der Waals surface area (Å²) in [5, 5.41) is 0. The molecule has 3 rings (SSSR count). The molecule has 30 heavy (non-hydrogen) atoms. The minimum Gasteiger partial charge on any atom is -0.265 e. The van der Waals surface area contributed by atoms with Crippen molar-refractivity contribution >= 4 is 0 Å². The van der Waals surface area contributed by atoms with E-state index in [1.54, 1.807) is 24.2 Å². The molecule has 2 aliphatic rings. The van der Waals surface area contributed by atoms with Crippen LogP contribution in [0.3, 0.4) is 0 Å². The Morgan fingerprint density at radius 3 is 0.900 bits per heavy atom. The molecule has 0 amide bonds. The van der Waals surface area contributed by atoms with Gasteiger partial charge in [0.25, 0.3) is 0 Å². The largest absolute Gasteiger partial charge is 0.265 e. The molecule has 1 aromatic heterocycles. The van der Waals surface area contributed by atoms with E-state index in [1.807, 2.05) is 18.2 Å². The Labute approximate surface area is 203 Å². The standard InChI is InChI=1S/2C11H17.C5H5N.O.Zr/c2*1-6-11-9(4)7(2)8(3)10(11)5;1-2-4-6-5-3-1;;/h2*6H2,1-5H3;1-5H;;. The number of hydrogen-bond acceptors (Lipinski definition) is 2. The molecule has 0 saturated heterocycles. The molecule has 0 aliphatic heterocycles. The maximum Gasteiger partial charge on any atom is 0.0267 e. The summed E-state index contributed by atoms with van der Waals surface area (Å²) < 4.78 is 8.34. The Morgan fingerprint density at radius 2 is 0.800 bits per heavy atom. The number of rotatable bonds is 2. The second kappa shape index (κ2) is 15.6. The minimum atomic E-state index is 0.300. The fourth-order valence-corrected chi connectivity index (χ4v) is 3.97. The van der Waals surface area contributed by atoms with Crippen molar-refractivity contribution in [2.24, 2.45) is 0 Å². The van der Waals surface area contributed by atoms with E-state index in [0.29, 0.717) is 24.7 Å². The quantitative estimate of drug-likeness (QED) is 0.431. The Balaban J connectivity index is 0.000000419. The van der Waals surface area contributed by atoms with Crippen LogP contribution < -0.4 is 0 Å². The van der Waals surface area contributed by atoms with Gasteiger partial charge in [0.2, 0.25) is 0 Å². The Hall–Kier alpha value is -0.167. The third-order valence-electron chi connectivity index (χ3n) is 6.46. The molecular formula is C27H39NOZr. The molecule has 10 radical (unpaired) electrons. The van der Waals surface area contributed by atoms with Gasteiger partial charge in [-0.2, -0.15) is 0 Å². The first-order valence-corrected chi connectivity index (χ1v) is 11.7. The van der Waals surface area contributed by atoms with E-state index in [4.69, 9.17) is 2.81 Å². The maximum absolute atomic E-state index is 8.34. The fraction of sp³-hybridized carbons (Fsp3) is 0.444. The summed E-state index contributed by atoms with van der Waals surface area (Å²) in [6.07, 6.45) is 5.85. The van der Waals surface area contributed by atoms with E-state index < -0.39 is 0 Å². The fourth-order valence-electron chi connectivity index (χ4n) is 3.97. The summed E-state index contributed by atoms with van der Waals surface area (Å²) in [6.45, 7) is 22.3. The van der Waals surface area contributed by atoms with Gasteiger partial charge in [-0.15, -0.1) is 0 Å². The first-order chi connectivity index (χ1) is 14.2. The number of aromatic nitrogens is 1. The number of pyridine rings is 1. The SMILES string of the molecule is CC[C]1[C](C)[C](C)[C](C)[C]1C.CC[C]1[C](C)[C](C)[C](C)[C]1C.[O]=[Zr].c1ccncc1. The zero-order valence-corrected chi connectivity index (χ0v) is 23.1. The van der Waals surface area contributed by atoms with Crippen molar-refractivity contribution in [2.75, 3.05) is 0 Å². The van der Waals surface area contributed by atoms with Gasteiger partial charge in [-0.05, 0) is 84.2 Å². The Bertz CT molecular complexity index is 452. The van der Waals surface area contributed by atoms with Crippen LogP contribution in [0.1, 0.15) is 82.1 Å². The van der Waals surface area contributed by atoms with Crippen LogP contribution in [0, 0.1) is 59.2 Å². The van der Waals surface area contributed by atoms with Gasteiger partial charge < -0.3 is 0 Å². The summed E-state index contributed by atoms with van der Waals surface area (Å²) in [7, 11) is 0. The average Bonchev–Trinajstić information content (AvgIpc) is 3.09. The van der Waals surface area contributed by atoms with Gasteiger partial charge in [-0.1, -0.05) is 75.3 Å². The molecular weight excluding hydrogens is 446 g/mol. The summed E-state index contributed by atoms with van der Waals surface area (Å²) in [5.41, 5.74) is 0. The molecule has 2 nitrogen and oxygen atoms in total. The van der Waals surface area contributed by atoms with Crippen molar-refractivity contribution < 1.29 is 27.5 Å². The van der Waals surface area contributed by atoms with Gasteiger partial charge in [0.1, 0.15) is 0 Å². The predicted molar refractivity (Wildman–Crippen MR) is 123 cm³/mol. The molecule has 2 saturated carbocycles. The van der Waals surface area contributed by atoms with Crippen LogP contribution in [0.15, 0.2) is 30.6 Å². The van der Waals surface area contributed by atoms with Crippen LogP contribution in [-0.4, -0.2) is 4.98 Å². The summed E-state index contributed by atoms with van der Waals surface area (Å²) in [4.78, 5) is 3.78. The van der Waals surface area contributed by atoms with Crippen molar-refractivity contribution in [3.63, 3.8) is 0 Å². The van der Waals surface area contributed by atoms with Gasteiger partial charge in [-0.3, -0.25) is 4.98 Å². The van der Waals surface area contributed by atoms with E-state index in [-0.39, 0.29) is 0 Å². The van der Waals surface area contributed by atoms with E-state index in [2.05, 4.69) is 74.2 Å². The van der Waals surface area contributed by atoms with Gasteiger partial charge in [-0.25, -0.2) is 0 Å². The molecule has 0 bridgehead atoms. The van der Waals surface area contributed by atoms with Crippen LogP contribution in [0.2, 0.25) is 0 Å². The van der Waals surface area contributed by atoms with E-state index in [1.165, 1.54) is 60.2 Å². The minimum absolute atomic E-state index is 0.300. The molecule has 1 aromatic rings. The zero-order chi connectivity index (χ0) is 23.4. The molecule has 0 N–H and O–H groups in total. The smallest absolute Gasteiger partial charge is 0.0267 e. The van der Waals surface area contributed by atoms with Crippen LogP contribution >= 0.6 is 0 Å². The second-order valence-corrected chi connectivity index (χ2v) is 7.69. The predicted octanol–water partition coefficient (Wildman–Crippen LogP) is 7.68. The Morgan fingerprint density at radius 1 is 0.533 bits per heavy atom. The van der Waals surface area contributed by atoms with Crippen molar-refractivity contribution in [1.29, 1.82) is 0 Å². The zero-order valence-electron chi connectivity index (χ0n) is 20.7. The maximum atomic E-state index is 8.34. The molecule has 1 heterocycles. The molecule has 0 aromatic carbocycles. The van der Waals surface area contributed by atoms with Crippen molar-refractivity contribution in [3.05, 3.63) is 89.8 Å². The third-order valence-corrected chi connectivity index (χ3v) is 6.46. The van der Waals surface area contributed by atoms with Gasteiger partial charge in [0.05, 0.1) is 0 Å². The second-order valence-electron chi connectivity index (χ2n) is 7.69. The van der Waals surface area contributed by atoms with Gasteiger partial charge in [0.15, 0.2) is 0 Å². The van der Waals surface area contributed by atoms with Gasteiger partial charge >= 0.3 is 27.5 Å². The average molecular weight is 485 g/mol. The first kappa shape index (κ1) is 29.8. The van der Waals surface area contributed by atoms with Crippen LogP contribution in [0.5, 0.6) is 0 Å².